The van der Waals surface area contributed by atoms with E-state index in [2.05, 4.69) is 71.0 Å². The first-order valence-corrected chi connectivity index (χ1v) is 16.5. The van der Waals surface area contributed by atoms with Crippen molar-refractivity contribution in [2.75, 3.05) is 19.7 Å². The first-order valence-electron chi connectivity index (χ1n) is 16.5. The number of hydrogen-bond donors (Lipinski definition) is 3. The minimum atomic E-state index is -0.612. The molecule has 1 heterocycles. The molecule has 5 rings (SSSR count). The van der Waals surface area contributed by atoms with E-state index in [9.17, 15) is 14.7 Å². The smallest absolute Gasteiger partial charge is 0.325 e. The van der Waals surface area contributed by atoms with Crippen molar-refractivity contribution in [1.29, 1.82) is 0 Å². The van der Waals surface area contributed by atoms with E-state index in [0.29, 0.717) is 6.54 Å². The average molecular weight is 652 g/mol. The Kier molecular flexibility index (Phi) is 12.7. The van der Waals surface area contributed by atoms with Gasteiger partial charge in [0, 0.05) is 37.7 Å². The lowest BCUT2D eigenvalue weighted by atomic mass is 9.89. The monoisotopic (exact) mass is 651 g/mol. The van der Waals surface area contributed by atoms with Gasteiger partial charge in [-0.2, -0.15) is 0 Å². The molecule has 1 saturated heterocycles. The molecule has 1 fully saturated rings. The molecule has 9 heteroatoms. The number of carbonyl (C=O) groups excluding carboxylic acids is 2. The van der Waals surface area contributed by atoms with Gasteiger partial charge in [-0.1, -0.05) is 116 Å². The van der Waals surface area contributed by atoms with Gasteiger partial charge in [-0.15, -0.1) is 0 Å². The summed E-state index contributed by atoms with van der Waals surface area (Å²) in [7, 11) is 0. The molecular weight excluding hydrogens is 606 g/mol. The standard InChI is InChI=1S/C39H45N3O6/c1-3-46-36(44)23-41-39(45)40-22-29-14-20-34(21-15-29)38-47-35(28(2)37(48-38)33-18-16-32(27-43)17-19-33)26-42(24-30-10-6-4-7-11-30)25-31-12-8-5-9-13-31/h4-21,28,35,37-38,43H,3,22-27H2,1-2H3,(H2,40,41,45). The molecule has 252 valence electrons. The lowest BCUT2D eigenvalue weighted by Crippen LogP contribution is -2.44. The third-order valence-electron chi connectivity index (χ3n) is 8.46. The summed E-state index contributed by atoms with van der Waals surface area (Å²) in [5, 5.41) is 14.9. The minimum absolute atomic E-state index is 0.0160. The van der Waals surface area contributed by atoms with Crippen LogP contribution in [0.4, 0.5) is 4.79 Å². The maximum absolute atomic E-state index is 12.1. The maximum Gasteiger partial charge on any atom is 0.325 e. The van der Waals surface area contributed by atoms with E-state index in [0.717, 1.165) is 35.3 Å². The zero-order valence-corrected chi connectivity index (χ0v) is 27.6. The van der Waals surface area contributed by atoms with Gasteiger partial charge < -0.3 is 30.0 Å². The zero-order chi connectivity index (χ0) is 33.7. The molecule has 4 aromatic carbocycles. The van der Waals surface area contributed by atoms with E-state index >= 15 is 0 Å². The Morgan fingerprint density at radius 1 is 0.750 bits per heavy atom. The predicted molar refractivity (Wildman–Crippen MR) is 183 cm³/mol. The minimum Gasteiger partial charge on any atom is -0.465 e. The number of amides is 2. The number of ether oxygens (including phenoxy) is 3. The molecule has 0 saturated carbocycles. The molecule has 1 aliphatic rings. The van der Waals surface area contributed by atoms with Crippen molar-refractivity contribution in [3.63, 3.8) is 0 Å². The van der Waals surface area contributed by atoms with Crippen molar-refractivity contribution in [1.82, 2.24) is 15.5 Å². The molecule has 3 N–H and O–H groups in total. The highest BCUT2D eigenvalue weighted by Gasteiger charge is 2.39. The largest absolute Gasteiger partial charge is 0.465 e. The average Bonchev–Trinajstić information content (AvgIpc) is 3.12. The van der Waals surface area contributed by atoms with Crippen LogP contribution in [0.25, 0.3) is 0 Å². The van der Waals surface area contributed by atoms with E-state index in [1.807, 2.05) is 60.7 Å². The van der Waals surface area contributed by atoms with E-state index in [1.165, 1.54) is 11.1 Å². The number of urea groups is 1. The summed E-state index contributed by atoms with van der Waals surface area (Å²) in [5.74, 6) is -0.449. The van der Waals surface area contributed by atoms with Crippen LogP contribution in [-0.4, -0.2) is 47.8 Å². The van der Waals surface area contributed by atoms with Gasteiger partial charge in [0.1, 0.15) is 6.54 Å². The van der Waals surface area contributed by atoms with Crippen LogP contribution < -0.4 is 10.6 Å². The number of hydrogen-bond acceptors (Lipinski definition) is 7. The second kappa shape index (κ2) is 17.6. The number of nitrogens with one attached hydrogen (secondary N) is 2. The summed E-state index contributed by atoms with van der Waals surface area (Å²) in [5.41, 5.74) is 6.11. The van der Waals surface area contributed by atoms with Crippen LogP contribution in [0, 0.1) is 5.92 Å². The van der Waals surface area contributed by atoms with Crippen LogP contribution in [0.3, 0.4) is 0 Å². The Morgan fingerprint density at radius 2 is 1.33 bits per heavy atom. The Hall–Kier alpha value is -4.54. The molecule has 9 nitrogen and oxygen atoms in total. The Balaban J connectivity index is 1.33. The normalized spacial score (nSPS) is 19.1. The molecule has 0 spiro atoms. The predicted octanol–water partition coefficient (Wildman–Crippen LogP) is 6.04. The van der Waals surface area contributed by atoms with Crippen molar-refractivity contribution in [2.24, 2.45) is 5.92 Å². The summed E-state index contributed by atoms with van der Waals surface area (Å²) in [6.45, 7) is 6.49. The molecule has 4 aromatic rings. The van der Waals surface area contributed by atoms with E-state index in [1.54, 1.807) is 6.92 Å². The quantitative estimate of drug-likeness (QED) is 0.143. The molecule has 0 radical (unpaired) electrons. The highest BCUT2D eigenvalue weighted by molar-refractivity contribution is 5.80. The molecule has 2 amide bonds. The van der Waals surface area contributed by atoms with Crippen molar-refractivity contribution < 1.29 is 28.9 Å². The van der Waals surface area contributed by atoms with Gasteiger partial charge in [-0.3, -0.25) is 9.69 Å². The van der Waals surface area contributed by atoms with E-state index in [-0.39, 0.29) is 44.4 Å². The van der Waals surface area contributed by atoms with Crippen molar-refractivity contribution in [3.05, 3.63) is 143 Å². The molecule has 4 atom stereocenters. The maximum atomic E-state index is 12.1. The molecule has 0 aromatic heterocycles. The van der Waals surface area contributed by atoms with Crippen molar-refractivity contribution in [3.8, 4) is 0 Å². The van der Waals surface area contributed by atoms with Gasteiger partial charge in [0.05, 0.1) is 25.4 Å². The zero-order valence-electron chi connectivity index (χ0n) is 27.6. The number of esters is 1. The highest BCUT2D eigenvalue weighted by Crippen LogP contribution is 2.42. The topological polar surface area (TPSA) is 109 Å². The first-order chi connectivity index (χ1) is 23.4. The van der Waals surface area contributed by atoms with Crippen molar-refractivity contribution >= 4 is 12.0 Å². The molecule has 1 aliphatic heterocycles. The van der Waals surface area contributed by atoms with E-state index < -0.39 is 18.3 Å². The summed E-state index contributed by atoms with van der Waals surface area (Å²) in [6.07, 6.45) is -0.997. The van der Waals surface area contributed by atoms with Crippen molar-refractivity contribution in [2.45, 2.75) is 58.6 Å². The van der Waals surface area contributed by atoms with Crippen LogP contribution in [0.15, 0.2) is 109 Å². The van der Waals surface area contributed by atoms with Crippen LogP contribution >= 0.6 is 0 Å². The third kappa shape index (κ3) is 9.98. The van der Waals surface area contributed by atoms with Gasteiger partial charge in [0.2, 0.25) is 0 Å². The number of carbonyl (C=O) groups is 2. The number of nitrogens with zero attached hydrogens (tertiary/aromatic N) is 1. The van der Waals surface area contributed by atoms with Crippen LogP contribution in [0.5, 0.6) is 0 Å². The number of aliphatic hydroxyl groups excluding tert-OH is 1. The Bertz CT molecular complexity index is 1530. The molecular formula is C39H45N3O6. The fourth-order valence-corrected chi connectivity index (χ4v) is 5.85. The van der Waals surface area contributed by atoms with Crippen LogP contribution in [0.1, 0.15) is 59.6 Å². The van der Waals surface area contributed by atoms with Gasteiger partial charge in [-0.05, 0) is 34.7 Å². The SMILES string of the molecule is CCOC(=O)CNC(=O)NCc1ccc(C2OC(CN(Cc3ccccc3)Cc3ccccc3)C(C)C(c3ccc(CO)cc3)O2)cc1. The van der Waals surface area contributed by atoms with Gasteiger partial charge in [0.15, 0.2) is 6.29 Å². The fraction of sp³-hybridized carbons (Fsp3) is 0.333. The lowest BCUT2D eigenvalue weighted by Gasteiger charge is -2.43. The lowest BCUT2D eigenvalue weighted by molar-refractivity contribution is -0.276. The van der Waals surface area contributed by atoms with Gasteiger partial charge in [-0.25, -0.2) is 4.79 Å². The number of aliphatic hydroxyl groups is 1. The molecule has 0 bridgehead atoms. The summed E-state index contributed by atoms with van der Waals surface area (Å²) >= 11 is 0. The number of rotatable bonds is 14. The second-order valence-corrected chi connectivity index (χ2v) is 12.0. The number of benzene rings is 4. The van der Waals surface area contributed by atoms with Crippen LogP contribution in [-0.2, 0) is 45.2 Å². The molecule has 0 aliphatic carbocycles. The Morgan fingerprint density at radius 3 is 1.92 bits per heavy atom. The van der Waals surface area contributed by atoms with E-state index in [4.69, 9.17) is 14.2 Å². The Labute approximate surface area is 282 Å². The second-order valence-electron chi connectivity index (χ2n) is 12.0. The highest BCUT2D eigenvalue weighted by atomic mass is 16.7. The molecule has 48 heavy (non-hydrogen) atoms. The fourth-order valence-electron chi connectivity index (χ4n) is 5.85. The first kappa shape index (κ1) is 34.8. The summed E-state index contributed by atoms with van der Waals surface area (Å²) in [4.78, 5) is 26.1. The van der Waals surface area contributed by atoms with Gasteiger partial charge >= 0.3 is 12.0 Å². The van der Waals surface area contributed by atoms with Gasteiger partial charge in [0.25, 0.3) is 0 Å². The molecule has 4 unspecified atom stereocenters. The third-order valence-corrected chi connectivity index (χ3v) is 8.46. The summed E-state index contributed by atoms with van der Waals surface area (Å²) in [6, 6.07) is 36.2. The van der Waals surface area contributed by atoms with Crippen LogP contribution in [0.2, 0.25) is 0 Å². The summed E-state index contributed by atoms with van der Waals surface area (Å²) < 4.78 is 18.3.